The first-order valence-electron chi connectivity index (χ1n) is 18.7. The van der Waals surface area contributed by atoms with Crippen molar-refractivity contribution in [1.29, 1.82) is 0 Å². The quantitative estimate of drug-likeness (QED) is 0.240. The number of cyclic esters (lactones) is 1. The second-order valence-electron chi connectivity index (χ2n) is 16.3. The normalized spacial score (nSPS) is 48.4. The highest BCUT2D eigenvalue weighted by molar-refractivity contribution is 5.79. The Morgan fingerprint density at radius 3 is 2.10 bits per heavy atom. The SMILES string of the molecule is CC[C@H]1OC(=O)[C@H](C)[C@@H](O[C@H]2C[C@@](C)(OC)[C@@H](O)[C@H](C)O2)[C@H](C)[C@@H](O[C@@H]2O[C@H](C)C[C@H](N(C)C)[C@H]2O)[C@](C)(O)C[C@@H](C)NC(=O)[C@H](C)[C@@H](O)[C@H]1C. The molecule has 0 radical (unpaired) electrons. The first kappa shape index (κ1) is 43.9. The number of methoxy groups -OCH3 is 1. The molecular formula is C37H68N2O12. The van der Waals surface area contributed by atoms with Crippen molar-refractivity contribution >= 4 is 11.9 Å². The topological polar surface area (TPSA) is 186 Å². The average molecular weight is 733 g/mol. The van der Waals surface area contributed by atoms with Crippen LogP contribution in [0.25, 0.3) is 0 Å². The Morgan fingerprint density at radius 2 is 1.53 bits per heavy atom. The fourth-order valence-corrected chi connectivity index (χ4v) is 8.22. The van der Waals surface area contributed by atoms with E-state index in [0.717, 1.165) is 0 Å². The summed E-state index contributed by atoms with van der Waals surface area (Å²) >= 11 is 0. The zero-order chi connectivity index (χ0) is 38.7. The van der Waals surface area contributed by atoms with Gasteiger partial charge in [0.2, 0.25) is 5.91 Å². The van der Waals surface area contributed by atoms with E-state index in [0.29, 0.717) is 12.8 Å². The standard InChI is InChI=1S/C37H68N2O12/c1-14-26-20(4)28(40)21(5)33(43)38-18(2)16-36(9,45)32(51-35-29(41)25(39(11)12)15-19(3)47-35)22(6)30(23(7)34(44)49-26)50-27-17-37(10,46-13)31(42)24(8)48-27/h18-32,35,40-42,45H,14-17H2,1-13H3,(H,38,43)/t18-,19-,20+,21-,22+,23-,24+,25+,26-,27+,28+,29-,30+,31+,32-,35+,36-,37-/m1/s1. The third-order valence-corrected chi connectivity index (χ3v) is 11.6. The van der Waals surface area contributed by atoms with Crippen molar-refractivity contribution in [3.63, 3.8) is 0 Å². The average Bonchev–Trinajstić information content (AvgIpc) is 3.05. The summed E-state index contributed by atoms with van der Waals surface area (Å²) in [5, 5.41) is 48.9. The van der Waals surface area contributed by atoms with Crippen molar-refractivity contribution in [2.75, 3.05) is 21.2 Å². The van der Waals surface area contributed by atoms with Crippen LogP contribution in [0.5, 0.6) is 0 Å². The van der Waals surface area contributed by atoms with Gasteiger partial charge in [-0.3, -0.25) is 9.59 Å². The largest absolute Gasteiger partial charge is 0.462 e. The number of aliphatic hydroxyl groups is 4. The molecule has 3 saturated heterocycles. The maximum atomic E-state index is 14.1. The number of rotatable bonds is 7. The Labute approximate surface area is 304 Å². The van der Waals surface area contributed by atoms with E-state index < -0.39 is 108 Å². The van der Waals surface area contributed by atoms with Crippen LogP contribution in [-0.4, -0.2) is 143 Å². The van der Waals surface area contributed by atoms with Gasteiger partial charge in [-0.15, -0.1) is 0 Å². The van der Waals surface area contributed by atoms with Crippen LogP contribution in [0.4, 0.5) is 0 Å². The number of nitrogens with zero attached hydrogens (tertiary/aromatic N) is 1. The molecule has 1 amide bonds. The predicted molar refractivity (Wildman–Crippen MR) is 188 cm³/mol. The van der Waals surface area contributed by atoms with E-state index in [1.165, 1.54) is 7.11 Å². The number of amides is 1. The molecule has 3 fully saturated rings. The minimum atomic E-state index is -1.69. The van der Waals surface area contributed by atoms with Crippen molar-refractivity contribution < 1.29 is 58.4 Å². The van der Waals surface area contributed by atoms with Crippen molar-refractivity contribution in [1.82, 2.24) is 10.2 Å². The molecule has 3 aliphatic rings. The smallest absolute Gasteiger partial charge is 0.311 e. The second-order valence-corrected chi connectivity index (χ2v) is 16.3. The van der Waals surface area contributed by atoms with Gasteiger partial charge < -0.3 is 59.1 Å². The van der Waals surface area contributed by atoms with Crippen molar-refractivity contribution in [2.24, 2.45) is 23.7 Å². The Morgan fingerprint density at radius 1 is 0.902 bits per heavy atom. The Bertz CT molecular complexity index is 1140. The number of esters is 1. The van der Waals surface area contributed by atoms with Gasteiger partial charge in [0.05, 0.1) is 53.6 Å². The second kappa shape index (κ2) is 17.8. The minimum Gasteiger partial charge on any atom is -0.462 e. The Hall–Kier alpha value is -1.46. The van der Waals surface area contributed by atoms with Gasteiger partial charge in [-0.25, -0.2) is 0 Å². The highest BCUT2D eigenvalue weighted by Crippen LogP contribution is 2.39. The molecule has 3 rings (SSSR count). The van der Waals surface area contributed by atoms with Gasteiger partial charge in [-0.2, -0.15) is 0 Å². The van der Waals surface area contributed by atoms with Gasteiger partial charge >= 0.3 is 5.97 Å². The zero-order valence-corrected chi connectivity index (χ0v) is 33.1. The van der Waals surface area contributed by atoms with E-state index >= 15 is 0 Å². The van der Waals surface area contributed by atoms with Crippen LogP contribution >= 0.6 is 0 Å². The number of hydrogen-bond donors (Lipinski definition) is 5. The first-order valence-corrected chi connectivity index (χ1v) is 18.7. The van der Waals surface area contributed by atoms with Gasteiger partial charge in [0.15, 0.2) is 12.6 Å². The molecular weight excluding hydrogens is 664 g/mol. The zero-order valence-electron chi connectivity index (χ0n) is 33.1. The van der Waals surface area contributed by atoms with Crippen molar-refractivity contribution in [3.8, 4) is 0 Å². The number of carbonyl (C=O) groups excluding carboxylic acids is 2. The molecule has 0 aliphatic carbocycles. The summed E-state index contributed by atoms with van der Waals surface area (Å²) in [7, 11) is 5.24. The van der Waals surface area contributed by atoms with Crippen LogP contribution in [0, 0.1) is 23.7 Å². The number of hydrogen-bond acceptors (Lipinski definition) is 13. The van der Waals surface area contributed by atoms with Crippen LogP contribution < -0.4 is 5.32 Å². The van der Waals surface area contributed by atoms with Crippen LogP contribution in [0.3, 0.4) is 0 Å². The monoisotopic (exact) mass is 732 g/mol. The first-order chi connectivity index (χ1) is 23.6. The van der Waals surface area contributed by atoms with Gasteiger partial charge in [0.1, 0.15) is 18.3 Å². The summed E-state index contributed by atoms with van der Waals surface area (Å²) in [6.45, 7) is 17.4. The number of likely N-dealkylation sites (N-methyl/N-ethyl adjacent to an activating group) is 1. The molecule has 0 aromatic carbocycles. The lowest BCUT2D eigenvalue weighted by Gasteiger charge is -2.48. The molecule has 0 aromatic rings. The molecule has 51 heavy (non-hydrogen) atoms. The molecule has 5 N–H and O–H groups in total. The molecule has 0 bridgehead atoms. The lowest BCUT2D eigenvalue weighted by atomic mass is 9.78. The maximum Gasteiger partial charge on any atom is 0.311 e. The summed E-state index contributed by atoms with van der Waals surface area (Å²) in [5.41, 5.74) is -2.70. The molecule has 3 aliphatic heterocycles. The summed E-state index contributed by atoms with van der Waals surface area (Å²) in [6, 6.07) is -0.869. The molecule has 0 saturated carbocycles. The molecule has 0 aromatic heterocycles. The molecule has 298 valence electrons. The van der Waals surface area contributed by atoms with Crippen LogP contribution in [-0.2, 0) is 38.0 Å². The third-order valence-electron chi connectivity index (χ3n) is 11.6. The van der Waals surface area contributed by atoms with E-state index in [1.54, 1.807) is 55.4 Å². The summed E-state index contributed by atoms with van der Waals surface area (Å²) in [6.07, 6.45) is -7.91. The van der Waals surface area contributed by atoms with Gasteiger partial charge in [-0.05, 0) is 74.9 Å². The number of carbonyl (C=O) groups is 2. The van der Waals surface area contributed by atoms with Crippen molar-refractivity contribution in [3.05, 3.63) is 0 Å². The van der Waals surface area contributed by atoms with E-state index in [4.69, 9.17) is 28.4 Å². The van der Waals surface area contributed by atoms with Gasteiger partial charge in [0, 0.05) is 37.5 Å². The fourth-order valence-electron chi connectivity index (χ4n) is 8.22. The molecule has 14 heteroatoms. The van der Waals surface area contributed by atoms with Gasteiger partial charge in [0.25, 0.3) is 0 Å². The number of nitrogens with one attached hydrogen (secondary N) is 1. The highest BCUT2D eigenvalue weighted by atomic mass is 16.7. The number of aliphatic hydroxyl groups excluding tert-OH is 3. The molecule has 3 heterocycles. The summed E-state index contributed by atoms with van der Waals surface area (Å²) in [5.74, 6) is -4.16. The summed E-state index contributed by atoms with van der Waals surface area (Å²) < 4.78 is 37.4. The lowest BCUT2D eigenvalue weighted by molar-refractivity contribution is -0.317. The van der Waals surface area contributed by atoms with E-state index in [-0.39, 0.29) is 25.0 Å². The lowest BCUT2D eigenvalue weighted by Crippen LogP contribution is -2.61. The van der Waals surface area contributed by atoms with Crippen molar-refractivity contribution in [2.45, 2.75) is 180 Å². The minimum absolute atomic E-state index is 0.00955. The highest BCUT2D eigenvalue weighted by Gasteiger charge is 2.51. The molecule has 14 nitrogen and oxygen atoms in total. The Kier molecular flexibility index (Phi) is 15.3. The molecule has 18 atom stereocenters. The Balaban J connectivity index is 2.15. The third kappa shape index (κ3) is 10.2. The van der Waals surface area contributed by atoms with E-state index in [1.807, 2.05) is 32.8 Å². The van der Waals surface area contributed by atoms with Crippen LogP contribution in [0.1, 0.15) is 94.9 Å². The van der Waals surface area contributed by atoms with E-state index in [9.17, 15) is 30.0 Å². The summed E-state index contributed by atoms with van der Waals surface area (Å²) in [4.78, 5) is 29.4. The number of ether oxygens (including phenoxy) is 6. The van der Waals surface area contributed by atoms with Crippen LogP contribution in [0.15, 0.2) is 0 Å². The van der Waals surface area contributed by atoms with Gasteiger partial charge in [-0.1, -0.05) is 27.7 Å². The van der Waals surface area contributed by atoms with E-state index in [2.05, 4.69) is 5.32 Å². The maximum absolute atomic E-state index is 14.1. The molecule has 0 spiro atoms. The van der Waals surface area contributed by atoms with Crippen LogP contribution in [0.2, 0.25) is 0 Å². The fraction of sp³-hybridized carbons (Fsp3) is 0.946. The predicted octanol–water partition coefficient (Wildman–Crippen LogP) is 1.97. The molecule has 0 unspecified atom stereocenters.